The van der Waals surface area contributed by atoms with Crippen molar-refractivity contribution in [1.29, 1.82) is 0 Å². The average Bonchev–Trinajstić information content (AvgIpc) is 3.08. The Hall–Kier alpha value is -1.85. The molecule has 0 saturated heterocycles. The molecule has 0 N–H and O–H groups in total. The lowest BCUT2D eigenvalue weighted by Crippen LogP contribution is -2.12. The minimum atomic E-state index is -4.60. The first kappa shape index (κ1) is 14.1. The standard InChI is InChI=1S/C15H14F4N2/c16-10-5-6-12(13(9-10)15(17,18)19)14-7-8-20-21(14)11-3-1-2-4-11/h5-9,11H,1-4H2. The van der Waals surface area contributed by atoms with Gasteiger partial charge in [0.05, 0.1) is 17.3 Å². The first-order valence-electron chi connectivity index (χ1n) is 6.87. The van der Waals surface area contributed by atoms with Crippen LogP contribution in [0.1, 0.15) is 37.3 Å². The topological polar surface area (TPSA) is 17.8 Å². The van der Waals surface area contributed by atoms with E-state index in [1.807, 2.05) is 0 Å². The SMILES string of the molecule is Fc1ccc(-c2ccnn2C2CCCC2)c(C(F)(F)F)c1. The van der Waals surface area contributed by atoms with Crippen LogP contribution >= 0.6 is 0 Å². The van der Waals surface area contributed by atoms with Crippen LogP contribution in [0.15, 0.2) is 30.5 Å². The molecule has 1 heterocycles. The largest absolute Gasteiger partial charge is 0.417 e. The molecule has 1 aliphatic carbocycles. The van der Waals surface area contributed by atoms with Crippen molar-refractivity contribution in [2.45, 2.75) is 37.9 Å². The summed E-state index contributed by atoms with van der Waals surface area (Å²) in [4.78, 5) is 0. The van der Waals surface area contributed by atoms with Crippen molar-refractivity contribution < 1.29 is 17.6 Å². The molecule has 1 aliphatic rings. The molecule has 0 bridgehead atoms. The van der Waals surface area contributed by atoms with E-state index in [0.717, 1.165) is 31.7 Å². The van der Waals surface area contributed by atoms with Crippen molar-refractivity contribution in [2.75, 3.05) is 0 Å². The Balaban J connectivity index is 2.11. The van der Waals surface area contributed by atoms with Crippen molar-refractivity contribution in [3.63, 3.8) is 0 Å². The van der Waals surface area contributed by atoms with Crippen LogP contribution in [0.5, 0.6) is 0 Å². The Morgan fingerprint density at radius 2 is 1.81 bits per heavy atom. The number of rotatable bonds is 2. The second kappa shape index (κ2) is 5.16. The highest BCUT2D eigenvalue weighted by molar-refractivity contribution is 5.65. The van der Waals surface area contributed by atoms with Gasteiger partial charge in [-0.3, -0.25) is 4.68 Å². The summed E-state index contributed by atoms with van der Waals surface area (Å²) < 4.78 is 54.2. The Kier molecular flexibility index (Phi) is 3.47. The molecule has 6 heteroatoms. The Labute approximate surface area is 119 Å². The molecule has 0 radical (unpaired) electrons. The fourth-order valence-corrected chi connectivity index (χ4v) is 2.94. The first-order chi connectivity index (χ1) is 9.97. The normalized spacial score (nSPS) is 16.6. The summed E-state index contributed by atoms with van der Waals surface area (Å²) in [6.07, 6.45) is 0.840. The van der Waals surface area contributed by atoms with E-state index in [1.165, 1.54) is 12.3 Å². The maximum absolute atomic E-state index is 13.2. The van der Waals surface area contributed by atoms with E-state index in [4.69, 9.17) is 0 Å². The average molecular weight is 298 g/mol. The van der Waals surface area contributed by atoms with Gasteiger partial charge in [-0.05, 0) is 37.1 Å². The Bertz CT molecular complexity index is 639. The van der Waals surface area contributed by atoms with E-state index < -0.39 is 17.6 Å². The summed E-state index contributed by atoms with van der Waals surface area (Å²) in [5.41, 5.74) is -0.579. The predicted octanol–water partition coefficient (Wildman–Crippen LogP) is 4.82. The molecule has 1 aromatic carbocycles. The van der Waals surface area contributed by atoms with Gasteiger partial charge in [-0.15, -0.1) is 0 Å². The van der Waals surface area contributed by atoms with Gasteiger partial charge in [0.25, 0.3) is 0 Å². The van der Waals surface area contributed by atoms with E-state index >= 15 is 0 Å². The van der Waals surface area contributed by atoms with Crippen LogP contribution < -0.4 is 0 Å². The Morgan fingerprint density at radius 3 is 2.48 bits per heavy atom. The lowest BCUT2D eigenvalue weighted by molar-refractivity contribution is -0.137. The zero-order valence-electron chi connectivity index (χ0n) is 11.2. The summed E-state index contributed by atoms with van der Waals surface area (Å²) in [6.45, 7) is 0. The maximum atomic E-state index is 13.2. The fraction of sp³-hybridized carbons (Fsp3) is 0.400. The third kappa shape index (κ3) is 2.66. The van der Waals surface area contributed by atoms with Crippen LogP contribution in [0.2, 0.25) is 0 Å². The highest BCUT2D eigenvalue weighted by Crippen LogP contribution is 2.39. The minimum Gasteiger partial charge on any atom is -0.262 e. The molecule has 112 valence electrons. The van der Waals surface area contributed by atoms with Gasteiger partial charge in [-0.25, -0.2) is 4.39 Å². The first-order valence-corrected chi connectivity index (χ1v) is 6.87. The molecule has 3 rings (SSSR count). The van der Waals surface area contributed by atoms with Gasteiger partial charge in [0.15, 0.2) is 0 Å². The Morgan fingerprint density at radius 1 is 1.10 bits per heavy atom. The van der Waals surface area contributed by atoms with Gasteiger partial charge in [0.1, 0.15) is 5.82 Å². The van der Waals surface area contributed by atoms with Crippen LogP contribution in [0.3, 0.4) is 0 Å². The van der Waals surface area contributed by atoms with Crippen LogP contribution in [0.4, 0.5) is 17.6 Å². The number of aromatic nitrogens is 2. The summed E-state index contributed by atoms with van der Waals surface area (Å²) in [5.74, 6) is -0.891. The number of hydrogen-bond donors (Lipinski definition) is 0. The van der Waals surface area contributed by atoms with Gasteiger partial charge in [-0.1, -0.05) is 12.8 Å². The van der Waals surface area contributed by atoms with Gasteiger partial charge in [-0.2, -0.15) is 18.3 Å². The smallest absolute Gasteiger partial charge is 0.262 e. The minimum absolute atomic E-state index is 0.0201. The highest BCUT2D eigenvalue weighted by atomic mass is 19.4. The maximum Gasteiger partial charge on any atom is 0.417 e. The van der Waals surface area contributed by atoms with Crippen molar-refractivity contribution in [2.24, 2.45) is 0 Å². The van der Waals surface area contributed by atoms with Gasteiger partial charge in [0, 0.05) is 11.8 Å². The van der Waals surface area contributed by atoms with E-state index in [-0.39, 0.29) is 11.6 Å². The molecular weight excluding hydrogens is 284 g/mol. The lowest BCUT2D eigenvalue weighted by Gasteiger charge is -2.17. The number of hydrogen-bond acceptors (Lipinski definition) is 1. The van der Waals surface area contributed by atoms with Crippen LogP contribution in [-0.2, 0) is 6.18 Å². The zero-order chi connectivity index (χ0) is 15.0. The van der Waals surface area contributed by atoms with Crippen molar-refractivity contribution >= 4 is 0 Å². The van der Waals surface area contributed by atoms with Crippen LogP contribution in [-0.4, -0.2) is 9.78 Å². The summed E-state index contributed by atoms with van der Waals surface area (Å²) in [5, 5.41) is 4.18. The summed E-state index contributed by atoms with van der Waals surface area (Å²) in [7, 11) is 0. The molecule has 1 saturated carbocycles. The molecule has 1 fully saturated rings. The number of nitrogens with zero attached hydrogens (tertiary/aromatic N) is 2. The van der Waals surface area contributed by atoms with Gasteiger partial charge in [0.2, 0.25) is 0 Å². The molecule has 0 atom stereocenters. The summed E-state index contributed by atoms with van der Waals surface area (Å²) in [6, 6.07) is 4.46. The second-order valence-corrected chi connectivity index (χ2v) is 5.29. The van der Waals surface area contributed by atoms with Crippen LogP contribution in [0.25, 0.3) is 11.3 Å². The van der Waals surface area contributed by atoms with E-state index in [2.05, 4.69) is 5.10 Å². The van der Waals surface area contributed by atoms with E-state index in [0.29, 0.717) is 11.8 Å². The molecule has 0 aliphatic heterocycles. The van der Waals surface area contributed by atoms with E-state index in [1.54, 1.807) is 10.7 Å². The number of halogens is 4. The van der Waals surface area contributed by atoms with Crippen molar-refractivity contribution in [3.05, 3.63) is 41.8 Å². The van der Waals surface area contributed by atoms with Crippen molar-refractivity contribution in [1.82, 2.24) is 9.78 Å². The molecule has 2 aromatic rings. The highest BCUT2D eigenvalue weighted by Gasteiger charge is 2.35. The van der Waals surface area contributed by atoms with Crippen molar-refractivity contribution in [3.8, 4) is 11.3 Å². The third-order valence-corrected chi connectivity index (χ3v) is 3.90. The quantitative estimate of drug-likeness (QED) is 0.727. The molecule has 0 unspecified atom stereocenters. The molecular formula is C15H14F4N2. The predicted molar refractivity (Wildman–Crippen MR) is 70.1 cm³/mol. The van der Waals surface area contributed by atoms with Crippen LogP contribution in [0, 0.1) is 5.82 Å². The third-order valence-electron chi connectivity index (χ3n) is 3.90. The number of benzene rings is 1. The molecule has 0 spiro atoms. The fourth-order valence-electron chi connectivity index (χ4n) is 2.94. The van der Waals surface area contributed by atoms with E-state index in [9.17, 15) is 17.6 Å². The molecule has 21 heavy (non-hydrogen) atoms. The second-order valence-electron chi connectivity index (χ2n) is 5.29. The number of alkyl halides is 3. The summed E-state index contributed by atoms with van der Waals surface area (Å²) >= 11 is 0. The monoisotopic (exact) mass is 298 g/mol. The molecule has 2 nitrogen and oxygen atoms in total. The van der Waals surface area contributed by atoms with Gasteiger partial charge < -0.3 is 0 Å². The zero-order valence-corrected chi connectivity index (χ0v) is 11.2. The molecule has 1 aromatic heterocycles. The molecule has 0 amide bonds. The lowest BCUT2D eigenvalue weighted by atomic mass is 10.0. The van der Waals surface area contributed by atoms with Gasteiger partial charge >= 0.3 is 6.18 Å².